The first-order valence-corrected chi connectivity index (χ1v) is 5.71. The number of ether oxygens (including phenoxy) is 1. The van der Waals surface area contributed by atoms with Gasteiger partial charge in [-0.3, -0.25) is 4.79 Å². The van der Waals surface area contributed by atoms with Crippen LogP contribution >= 0.6 is 45.8 Å². The molecule has 0 atom stereocenters. The highest BCUT2D eigenvalue weighted by atomic mass is 127. The van der Waals surface area contributed by atoms with Crippen LogP contribution in [-0.2, 0) is 0 Å². The Bertz CT molecular complexity index is 343. The third kappa shape index (κ3) is 2.52. The number of alkyl halides is 1. The lowest BCUT2D eigenvalue weighted by Crippen LogP contribution is -2.04. The molecule has 14 heavy (non-hydrogen) atoms. The van der Waals surface area contributed by atoms with Gasteiger partial charge in [0.25, 0.3) is 0 Å². The molecule has 0 aliphatic carbocycles. The van der Waals surface area contributed by atoms with Gasteiger partial charge in [-0.05, 0) is 34.7 Å². The van der Waals surface area contributed by atoms with Crippen LogP contribution in [0.2, 0.25) is 5.02 Å². The highest BCUT2D eigenvalue weighted by molar-refractivity contribution is 14.1. The van der Waals surface area contributed by atoms with Gasteiger partial charge in [0.1, 0.15) is 5.75 Å². The van der Waals surface area contributed by atoms with E-state index in [0.717, 1.165) is 3.57 Å². The number of Topliss-reactive ketones (excluding diaryl/α,β-unsaturated/α-hetero) is 1. The molecule has 0 amide bonds. The van der Waals surface area contributed by atoms with Gasteiger partial charge in [-0.25, -0.2) is 0 Å². The van der Waals surface area contributed by atoms with E-state index < -0.39 is 0 Å². The van der Waals surface area contributed by atoms with Crippen LogP contribution < -0.4 is 4.74 Å². The molecule has 0 aliphatic rings. The van der Waals surface area contributed by atoms with Crippen LogP contribution in [0.15, 0.2) is 12.1 Å². The molecule has 1 rings (SSSR count). The lowest BCUT2D eigenvalue weighted by molar-refractivity contribution is 0.102. The highest BCUT2D eigenvalue weighted by Crippen LogP contribution is 2.28. The van der Waals surface area contributed by atoms with Crippen molar-refractivity contribution in [3.8, 4) is 5.75 Å². The minimum Gasteiger partial charge on any atom is -0.497 e. The molecule has 0 bridgehead atoms. The highest BCUT2D eigenvalue weighted by Gasteiger charge is 2.14. The Morgan fingerprint density at radius 1 is 1.57 bits per heavy atom. The molecule has 0 aliphatic heterocycles. The minimum absolute atomic E-state index is 0.0674. The second-order valence-corrected chi connectivity index (χ2v) is 4.36. The molecule has 0 saturated heterocycles. The first kappa shape index (κ1) is 12.1. The van der Waals surface area contributed by atoms with Crippen molar-refractivity contribution in [1.82, 2.24) is 0 Å². The number of rotatable bonds is 3. The Hall–Kier alpha value is -0.000000000000000111. The van der Waals surface area contributed by atoms with Crippen molar-refractivity contribution >= 4 is 51.6 Å². The van der Waals surface area contributed by atoms with Crippen molar-refractivity contribution in [3.05, 3.63) is 26.3 Å². The fraction of sp³-hybridized carbons (Fsp3) is 0.222. The van der Waals surface area contributed by atoms with Crippen molar-refractivity contribution in [2.75, 3.05) is 13.0 Å². The van der Waals surface area contributed by atoms with Crippen molar-refractivity contribution in [3.63, 3.8) is 0 Å². The van der Waals surface area contributed by atoms with Crippen molar-refractivity contribution in [1.29, 1.82) is 0 Å². The quantitative estimate of drug-likeness (QED) is 0.477. The summed E-state index contributed by atoms with van der Waals surface area (Å²) in [6.07, 6.45) is 0. The summed E-state index contributed by atoms with van der Waals surface area (Å²) in [5.41, 5.74) is 0.461. The molecule has 76 valence electrons. The monoisotopic (exact) mass is 344 g/mol. The van der Waals surface area contributed by atoms with Gasteiger partial charge >= 0.3 is 0 Å². The Morgan fingerprint density at radius 3 is 2.64 bits per heavy atom. The van der Waals surface area contributed by atoms with E-state index in [9.17, 15) is 4.79 Å². The smallest absolute Gasteiger partial charge is 0.180 e. The molecule has 0 unspecified atom stereocenters. The fourth-order valence-corrected chi connectivity index (χ4v) is 2.51. The Balaban J connectivity index is 3.25. The van der Waals surface area contributed by atoms with Crippen LogP contribution in [0.5, 0.6) is 5.75 Å². The van der Waals surface area contributed by atoms with Gasteiger partial charge in [-0.2, -0.15) is 0 Å². The lowest BCUT2D eigenvalue weighted by Gasteiger charge is -2.07. The third-order valence-corrected chi connectivity index (χ3v) is 3.04. The maximum atomic E-state index is 11.4. The molecule has 0 heterocycles. The summed E-state index contributed by atoms with van der Waals surface area (Å²) in [5.74, 6) is 0.386. The van der Waals surface area contributed by atoms with Gasteiger partial charge in [0.05, 0.1) is 23.6 Å². The van der Waals surface area contributed by atoms with Crippen LogP contribution in [0, 0.1) is 3.57 Å². The number of hydrogen-bond acceptors (Lipinski definition) is 2. The topological polar surface area (TPSA) is 26.3 Å². The first-order valence-electron chi connectivity index (χ1n) is 3.72. The molecule has 0 radical (unpaired) electrons. The van der Waals surface area contributed by atoms with Crippen LogP contribution in [0.1, 0.15) is 10.4 Å². The summed E-state index contributed by atoms with van der Waals surface area (Å²) in [4.78, 5) is 11.4. The van der Waals surface area contributed by atoms with Gasteiger partial charge in [-0.1, -0.05) is 11.6 Å². The fourth-order valence-electron chi connectivity index (χ4n) is 1.00. The molecule has 0 fully saturated rings. The molecule has 1 aromatic rings. The lowest BCUT2D eigenvalue weighted by atomic mass is 10.1. The zero-order chi connectivity index (χ0) is 10.7. The maximum absolute atomic E-state index is 11.4. The predicted octanol–water partition coefficient (Wildman–Crippen LogP) is 3.37. The number of halogens is 3. The molecular weight excluding hydrogens is 338 g/mol. The van der Waals surface area contributed by atoms with Gasteiger partial charge in [0, 0.05) is 3.57 Å². The van der Waals surface area contributed by atoms with E-state index in [0.29, 0.717) is 16.3 Å². The number of carbonyl (C=O) groups excluding carboxylic acids is 1. The van der Waals surface area contributed by atoms with E-state index in [4.69, 9.17) is 27.9 Å². The average Bonchev–Trinajstić information content (AvgIpc) is 2.16. The van der Waals surface area contributed by atoms with Gasteiger partial charge in [-0.15, -0.1) is 11.6 Å². The Labute approximate surface area is 106 Å². The third-order valence-electron chi connectivity index (χ3n) is 1.65. The molecule has 0 saturated carbocycles. The van der Waals surface area contributed by atoms with E-state index in [1.54, 1.807) is 19.2 Å². The summed E-state index contributed by atoms with van der Waals surface area (Å²) < 4.78 is 5.76. The van der Waals surface area contributed by atoms with E-state index in [-0.39, 0.29) is 11.7 Å². The summed E-state index contributed by atoms with van der Waals surface area (Å²) in [7, 11) is 1.55. The van der Waals surface area contributed by atoms with Crippen molar-refractivity contribution < 1.29 is 9.53 Å². The Kier molecular flexibility index (Phi) is 4.47. The number of benzene rings is 1. The summed E-state index contributed by atoms with van der Waals surface area (Å²) in [5, 5.41) is 0.374. The van der Waals surface area contributed by atoms with Crippen LogP contribution in [0.25, 0.3) is 0 Å². The molecule has 5 heteroatoms. The normalized spacial score (nSPS) is 10.0. The number of carbonyl (C=O) groups is 1. The van der Waals surface area contributed by atoms with Gasteiger partial charge in [0.15, 0.2) is 5.78 Å². The predicted molar refractivity (Wildman–Crippen MR) is 65.8 cm³/mol. The SMILES string of the molecule is COc1cc(Cl)c(C(=O)CCl)c(I)c1. The summed E-state index contributed by atoms with van der Waals surface area (Å²) in [6, 6.07) is 3.34. The zero-order valence-electron chi connectivity index (χ0n) is 7.31. The largest absolute Gasteiger partial charge is 0.497 e. The van der Waals surface area contributed by atoms with Crippen LogP contribution in [-0.4, -0.2) is 18.8 Å². The van der Waals surface area contributed by atoms with Crippen LogP contribution in [0.3, 0.4) is 0 Å². The molecule has 0 N–H and O–H groups in total. The Morgan fingerprint density at radius 2 is 2.21 bits per heavy atom. The number of methoxy groups -OCH3 is 1. The zero-order valence-corrected chi connectivity index (χ0v) is 11.0. The second kappa shape index (κ2) is 5.19. The summed E-state index contributed by atoms with van der Waals surface area (Å²) in [6.45, 7) is 0. The second-order valence-electron chi connectivity index (χ2n) is 2.52. The van der Waals surface area contributed by atoms with E-state index >= 15 is 0 Å². The molecule has 0 aromatic heterocycles. The van der Waals surface area contributed by atoms with E-state index in [2.05, 4.69) is 0 Å². The van der Waals surface area contributed by atoms with E-state index in [1.807, 2.05) is 22.6 Å². The van der Waals surface area contributed by atoms with Gasteiger partial charge < -0.3 is 4.74 Å². The van der Waals surface area contributed by atoms with Crippen molar-refractivity contribution in [2.45, 2.75) is 0 Å². The molecule has 0 spiro atoms. The molecule has 1 aromatic carbocycles. The minimum atomic E-state index is -0.177. The number of hydrogen-bond donors (Lipinski definition) is 0. The van der Waals surface area contributed by atoms with E-state index in [1.165, 1.54) is 0 Å². The first-order chi connectivity index (χ1) is 6.60. The maximum Gasteiger partial charge on any atom is 0.180 e. The molecular formula is C9H7Cl2IO2. The van der Waals surface area contributed by atoms with Crippen molar-refractivity contribution in [2.24, 2.45) is 0 Å². The standard InChI is InChI=1S/C9H7Cl2IO2/c1-14-5-2-6(11)9(7(12)3-5)8(13)4-10/h2-3H,4H2,1H3. The van der Waals surface area contributed by atoms with Crippen LogP contribution in [0.4, 0.5) is 0 Å². The molecule has 2 nitrogen and oxygen atoms in total. The summed E-state index contributed by atoms with van der Waals surface area (Å²) >= 11 is 13.4. The van der Waals surface area contributed by atoms with Gasteiger partial charge in [0.2, 0.25) is 0 Å². The number of ketones is 1. The average molecular weight is 345 g/mol.